The maximum Gasteiger partial charge on any atom is 0.220 e. The van der Waals surface area contributed by atoms with E-state index < -0.39 is 5.91 Å². The highest BCUT2D eigenvalue weighted by Gasteiger charge is 2.11. The number of halogens is 1. The molecule has 0 spiro atoms. The van der Waals surface area contributed by atoms with E-state index in [-0.39, 0.29) is 13.0 Å². The number of amides is 1. The Labute approximate surface area is 151 Å². The second-order valence-corrected chi connectivity index (χ2v) is 5.63. The predicted octanol–water partition coefficient (Wildman–Crippen LogP) is 3.22. The van der Waals surface area contributed by atoms with Crippen LogP contribution in [0.15, 0.2) is 36.4 Å². The molecule has 0 heterocycles. The Morgan fingerprint density at radius 2 is 1.92 bits per heavy atom. The molecule has 0 saturated carbocycles. The lowest BCUT2D eigenvalue weighted by Crippen LogP contribution is -2.15. The molecule has 0 aromatic heterocycles. The molecule has 3 N–H and O–H groups in total. The van der Waals surface area contributed by atoms with Gasteiger partial charge in [0.25, 0.3) is 0 Å². The van der Waals surface area contributed by atoms with Crippen molar-refractivity contribution in [2.75, 3.05) is 26.1 Å². The van der Waals surface area contributed by atoms with E-state index in [4.69, 9.17) is 31.5 Å². The fourth-order valence-electron chi connectivity index (χ4n) is 2.27. The topological polar surface area (TPSA) is 82.8 Å². The molecule has 1 amide bonds. The van der Waals surface area contributed by atoms with Crippen molar-refractivity contribution >= 4 is 23.2 Å². The Balaban J connectivity index is 2.09. The molecule has 0 aliphatic heterocycles. The zero-order valence-corrected chi connectivity index (χ0v) is 14.9. The third-order valence-electron chi connectivity index (χ3n) is 3.47. The molecule has 134 valence electrons. The van der Waals surface area contributed by atoms with Gasteiger partial charge in [-0.1, -0.05) is 23.7 Å². The van der Waals surface area contributed by atoms with Gasteiger partial charge in [0.05, 0.1) is 38.0 Å². The van der Waals surface area contributed by atoms with Crippen molar-refractivity contribution in [2.45, 2.75) is 13.0 Å². The molecule has 2 aromatic carbocycles. The summed E-state index contributed by atoms with van der Waals surface area (Å²) < 4.78 is 16.1. The van der Waals surface area contributed by atoms with Gasteiger partial charge in [0.1, 0.15) is 5.75 Å². The fraction of sp³-hybridized carbons (Fsp3) is 0.278. The first-order valence-corrected chi connectivity index (χ1v) is 8.07. The molecular weight excluding hydrogens is 344 g/mol. The van der Waals surface area contributed by atoms with E-state index in [9.17, 15) is 4.79 Å². The lowest BCUT2D eigenvalue weighted by atomic mass is 10.2. The molecule has 6 nitrogen and oxygen atoms in total. The number of benzene rings is 2. The molecule has 2 aromatic rings. The van der Waals surface area contributed by atoms with Gasteiger partial charge in [0, 0.05) is 6.54 Å². The molecule has 0 unspecified atom stereocenters. The summed E-state index contributed by atoms with van der Waals surface area (Å²) in [7, 11) is 3.11. The first-order valence-electron chi connectivity index (χ1n) is 7.69. The number of methoxy groups -OCH3 is 2. The third kappa shape index (κ3) is 5.19. The van der Waals surface area contributed by atoms with Crippen LogP contribution in [0, 0.1) is 0 Å². The number of ether oxygens (including phenoxy) is 3. The normalized spacial score (nSPS) is 10.2. The van der Waals surface area contributed by atoms with Gasteiger partial charge in [0.15, 0.2) is 11.5 Å². The van der Waals surface area contributed by atoms with Gasteiger partial charge in [-0.3, -0.25) is 4.79 Å². The SMILES string of the molecule is COc1cc(CNc2ccccc2OCCC(N)=O)cc(Cl)c1OC. The molecular formula is C18H21ClN2O4. The Kier molecular flexibility index (Phi) is 6.77. The van der Waals surface area contributed by atoms with Crippen LogP contribution in [-0.2, 0) is 11.3 Å². The van der Waals surface area contributed by atoms with Crippen LogP contribution in [-0.4, -0.2) is 26.7 Å². The number of nitrogens with one attached hydrogen (secondary N) is 1. The Hall–Kier alpha value is -2.60. The minimum atomic E-state index is -0.398. The van der Waals surface area contributed by atoms with Gasteiger partial charge < -0.3 is 25.3 Å². The lowest BCUT2D eigenvalue weighted by Gasteiger charge is -2.15. The van der Waals surface area contributed by atoms with Gasteiger partial charge in [-0.05, 0) is 29.8 Å². The van der Waals surface area contributed by atoms with Crippen LogP contribution < -0.4 is 25.3 Å². The molecule has 0 aliphatic rings. The summed E-state index contributed by atoms with van der Waals surface area (Å²) in [4.78, 5) is 10.8. The number of nitrogens with two attached hydrogens (primary N) is 1. The molecule has 7 heteroatoms. The minimum Gasteiger partial charge on any atom is -0.493 e. The molecule has 0 atom stereocenters. The standard InChI is InChI=1S/C18H21ClN2O4/c1-23-16-10-12(9-13(19)18(16)24-2)11-21-14-5-3-4-6-15(14)25-8-7-17(20)22/h3-6,9-10,21H,7-8,11H2,1-2H3,(H2,20,22). The highest BCUT2D eigenvalue weighted by Crippen LogP contribution is 2.36. The predicted molar refractivity (Wildman–Crippen MR) is 97.6 cm³/mol. The van der Waals surface area contributed by atoms with Crippen LogP contribution in [0.25, 0.3) is 0 Å². The molecule has 0 radical (unpaired) electrons. The quantitative estimate of drug-likeness (QED) is 0.713. The zero-order chi connectivity index (χ0) is 18.2. The summed E-state index contributed by atoms with van der Waals surface area (Å²) in [6.45, 7) is 0.743. The average molecular weight is 365 g/mol. The monoisotopic (exact) mass is 364 g/mol. The van der Waals surface area contributed by atoms with Gasteiger partial charge in [0.2, 0.25) is 5.91 Å². The van der Waals surface area contributed by atoms with E-state index in [1.807, 2.05) is 36.4 Å². The van der Waals surface area contributed by atoms with E-state index in [1.165, 1.54) is 0 Å². The summed E-state index contributed by atoms with van der Waals surface area (Å²) in [6, 6.07) is 11.1. The van der Waals surface area contributed by atoms with Crippen molar-refractivity contribution in [3.63, 3.8) is 0 Å². The lowest BCUT2D eigenvalue weighted by molar-refractivity contribution is -0.118. The van der Waals surface area contributed by atoms with Gasteiger partial charge in [-0.25, -0.2) is 0 Å². The number of para-hydroxylation sites is 2. The van der Waals surface area contributed by atoms with Crippen LogP contribution in [0.4, 0.5) is 5.69 Å². The first kappa shape index (κ1) is 18.7. The Bertz CT molecular complexity index is 737. The molecule has 0 aliphatic carbocycles. The van der Waals surface area contributed by atoms with Crippen molar-refractivity contribution in [3.8, 4) is 17.2 Å². The Morgan fingerprint density at radius 1 is 1.16 bits per heavy atom. The summed E-state index contributed by atoms with van der Waals surface area (Å²) in [5.41, 5.74) is 6.85. The van der Waals surface area contributed by atoms with E-state index in [0.29, 0.717) is 28.8 Å². The number of rotatable bonds is 9. The number of hydrogen-bond donors (Lipinski definition) is 2. The fourth-order valence-corrected chi connectivity index (χ4v) is 2.58. The summed E-state index contributed by atoms with van der Waals surface area (Å²) in [5.74, 6) is 1.32. The third-order valence-corrected chi connectivity index (χ3v) is 3.75. The molecule has 2 rings (SSSR count). The molecule has 25 heavy (non-hydrogen) atoms. The maximum absolute atomic E-state index is 10.8. The van der Waals surface area contributed by atoms with Gasteiger partial charge in [-0.2, -0.15) is 0 Å². The number of primary amides is 1. The van der Waals surface area contributed by atoms with Crippen molar-refractivity contribution in [2.24, 2.45) is 5.73 Å². The summed E-state index contributed by atoms with van der Waals surface area (Å²) in [5, 5.41) is 3.76. The van der Waals surface area contributed by atoms with E-state index in [1.54, 1.807) is 14.2 Å². The number of anilines is 1. The largest absolute Gasteiger partial charge is 0.493 e. The van der Waals surface area contributed by atoms with Gasteiger partial charge in [-0.15, -0.1) is 0 Å². The van der Waals surface area contributed by atoms with Crippen LogP contribution in [0.2, 0.25) is 5.02 Å². The second kappa shape index (κ2) is 9.03. The zero-order valence-electron chi connectivity index (χ0n) is 14.2. The highest BCUT2D eigenvalue weighted by molar-refractivity contribution is 6.32. The molecule has 0 saturated heterocycles. The minimum absolute atomic E-state index is 0.166. The van der Waals surface area contributed by atoms with Crippen LogP contribution in [0.5, 0.6) is 17.2 Å². The Morgan fingerprint density at radius 3 is 2.60 bits per heavy atom. The number of carbonyl (C=O) groups is 1. The van der Waals surface area contributed by atoms with E-state index in [0.717, 1.165) is 11.3 Å². The number of hydrogen-bond acceptors (Lipinski definition) is 5. The average Bonchev–Trinajstić information content (AvgIpc) is 2.60. The van der Waals surface area contributed by atoms with Crippen LogP contribution in [0.1, 0.15) is 12.0 Å². The van der Waals surface area contributed by atoms with E-state index >= 15 is 0 Å². The molecule has 0 fully saturated rings. The van der Waals surface area contributed by atoms with Crippen LogP contribution in [0.3, 0.4) is 0 Å². The van der Waals surface area contributed by atoms with Crippen molar-refractivity contribution in [3.05, 3.63) is 47.0 Å². The first-order chi connectivity index (χ1) is 12.0. The number of carbonyl (C=O) groups excluding carboxylic acids is 1. The summed E-state index contributed by atoms with van der Waals surface area (Å²) in [6.07, 6.45) is 0.166. The maximum atomic E-state index is 10.8. The van der Waals surface area contributed by atoms with Crippen molar-refractivity contribution in [1.29, 1.82) is 0 Å². The van der Waals surface area contributed by atoms with E-state index in [2.05, 4.69) is 5.32 Å². The molecule has 0 bridgehead atoms. The second-order valence-electron chi connectivity index (χ2n) is 5.23. The van der Waals surface area contributed by atoms with Gasteiger partial charge >= 0.3 is 0 Å². The summed E-state index contributed by atoms with van der Waals surface area (Å²) >= 11 is 6.22. The van der Waals surface area contributed by atoms with Crippen LogP contribution >= 0.6 is 11.6 Å². The van der Waals surface area contributed by atoms with Crippen molar-refractivity contribution < 1.29 is 19.0 Å². The van der Waals surface area contributed by atoms with Crippen molar-refractivity contribution in [1.82, 2.24) is 0 Å². The highest BCUT2D eigenvalue weighted by atomic mass is 35.5. The smallest absolute Gasteiger partial charge is 0.220 e.